The van der Waals surface area contributed by atoms with Crippen molar-refractivity contribution in [1.29, 1.82) is 0 Å². The zero-order valence-corrected chi connectivity index (χ0v) is 43.4. The number of aliphatic hydroxyl groups excluding tert-OH is 7. The molecule has 15 heteroatoms. The molecule has 0 saturated carbocycles. The summed E-state index contributed by atoms with van der Waals surface area (Å²) < 4.78 is 33.6. The molecule has 0 bridgehead atoms. The minimum atomic E-state index is -1.77. The first kappa shape index (κ1) is 64.3. The van der Waals surface area contributed by atoms with Crippen molar-refractivity contribution in [3.63, 3.8) is 0 Å². The Bertz CT molecular complexity index is 1470. The van der Waals surface area contributed by atoms with Crippen LogP contribution >= 0.6 is 0 Å². The van der Waals surface area contributed by atoms with E-state index in [1.54, 1.807) is 0 Å². The molecule has 0 aromatic carbocycles. The Labute approximate surface area is 426 Å². The fourth-order valence-corrected chi connectivity index (χ4v) is 8.26. The second-order valence-electron chi connectivity index (χ2n) is 19.0. The van der Waals surface area contributed by atoms with Gasteiger partial charge in [-0.2, -0.15) is 0 Å². The Kier molecular flexibility index (Phi) is 38.5. The molecule has 410 valence electrons. The zero-order valence-electron chi connectivity index (χ0n) is 43.4. The molecule has 2 aliphatic heterocycles. The van der Waals surface area contributed by atoms with E-state index in [1.807, 2.05) is 0 Å². The predicted molar refractivity (Wildman–Crippen MR) is 275 cm³/mol. The number of rotatable bonds is 42. The van der Waals surface area contributed by atoms with Crippen LogP contribution in [0, 0.1) is 0 Å². The van der Waals surface area contributed by atoms with Crippen molar-refractivity contribution in [3.05, 3.63) is 60.8 Å². The molecule has 0 aromatic heterocycles. The van der Waals surface area contributed by atoms with Gasteiger partial charge in [0.2, 0.25) is 0 Å². The number of hydrogen-bond acceptors (Lipinski definition) is 15. The molecular weight excluding hydrogens is 913 g/mol. The number of hydrogen-bond donors (Lipinski definition) is 7. The highest BCUT2D eigenvalue weighted by Crippen LogP contribution is 2.26. The molecular formula is C56H96O15. The van der Waals surface area contributed by atoms with Gasteiger partial charge in [0.1, 0.15) is 55.4 Å². The standard InChI is InChI=1S/C56H96O15/c1-3-5-7-9-11-13-15-17-19-21-23-24-26-28-30-32-34-36-38-47(58)66-41-44(69-48(59)39-37-35-33-31-29-27-25-22-20-18-16-14-12-10-8-6-4-2)42-67-55-54(65)52(63)50(61)46(71-55)43-68-56-53(64)51(62)49(60)45(40-57)70-56/h6,8,12,14,18-21,25,27,44-46,49-57,60-65H,3-5,7,9-11,13,15-17,22-24,26,28-43H2,1-2H3/b8-6-,14-12-,20-18-,21-19-,27-25-. The lowest BCUT2D eigenvalue weighted by Crippen LogP contribution is -2.61. The van der Waals surface area contributed by atoms with Crippen molar-refractivity contribution in [2.75, 3.05) is 26.4 Å². The van der Waals surface area contributed by atoms with Crippen molar-refractivity contribution in [2.24, 2.45) is 0 Å². The van der Waals surface area contributed by atoms with E-state index in [0.29, 0.717) is 12.8 Å². The Balaban J connectivity index is 1.80. The minimum Gasteiger partial charge on any atom is -0.462 e. The van der Waals surface area contributed by atoms with Crippen molar-refractivity contribution in [2.45, 2.75) is 255 Å². The van der Waals surface area contributed by atoms with E-state index in [2.05, 4.69) is 74.6 Å². The summed E-state index contributed by atoms with van der Waals surface area (Å²) >= 11 is 0. The molecule has 0 amide bonds. The van der Waals surface area contributed by atoms with Gasteiger partial charge in [-0.25, -0.2) is 0 Å². The molecule has 11 atom stereocenters. The van der Waals surface area contributed by atoms with Gasteiger partial charge in [0.15, 0.2) is 18.7 Å². The van der Waals surface area contributed by atoms with Crippen LogP contribution < -0.4 is 0 Å². The summed E-state index contributed by atoms with van der Waals surface area (Å²) in [6, 6.07) is 0. The van der Waals surface area contributed by atoms with E-state index >= 15 is 0 Å². The number of ether oxygens (including phenoxy) is 6. The molecule has 2 heterocycles. The summed E-state index contributed by atoms with van der Waals surface area (Å²) in [5, 5.41) is 72.2. The average Bonchev–Trinajstić information content (AvgIpc) is 3.36. The third-order valence-corrected chi connectivity index (χ3v) is 12.7. The lowest BCUT2D eigenvalue weighted by Gasteiger charge is -2.42. The van der Waals surface area contributed by atoms with Crippen molar-refractivity contribution in [3.8, 4) is 0 Å². The first-order valence-electron chi connectivity index (χ1n) is 27.4. The number of unbranched alkanes of at least 4 members (excludes halogenated alkanes) is 18. The van der Waals surface area contributed by atoms with Crippen LogP contribution in [0.2, 0.25) is 0 Å². The quantitative estimate of drug-likeness (QED) is 0.0173. The second kappa shape index (κ2) is 42.5. The van der Waals surface area contributed by atoms with Crippen LogP contribution in [0.25, 0.3) is 0 Å². The fraction of sp³-hybridized carbons (Fsp3) is 0.786. The SMILES string of the molecule is CC/C=C\C/C=C\C/C=C\C/C=C\CCCCCCC(=O)OC(COC(=O)CCCCCCCCC/C=C\CCCCCCCCC)COC1OC(COC2OC(CO)C(O)C(O)C2O)C(O)C(O)C1O. The zero-order chi connectivity index (χ0) is 51.7. The summed E-state index contributed by atoms with van der Waals surface area (Å²) in [7, 11) is 0. The van der Waals surface area contributed by atoms with E-state index in [9.17, 15) is 45.3 Å². The largest absolute Gasteiger partial charge is 0.462 e. The number of aliphatic hydroxyl groups is 7. The maximum atomic E-state index is 13.0. The Hall–Kier alpha value is -2.80. The molecule has 2 aliphatic rings. The van der Waals surface area contributed by atoms with Crippen LogP contribution in [0.5, 0.6) is 0 Å². The molecule has 7 N–H and O–H groups in total. The van der Waals surface area contributed by atoms with Crippen molar-refractivity contribution < 1.29 is 73.8 Å². The summed E-state index contributed by atoms with van der Waals surface area (Å²) in [4.78, 5) is 25.8. The normalized spacial score (nSPS) is 25.6. The molecule has 71 heavy (non-hydrogen) atoms. The molecule has 2 fully saturated rings. The summed E-state index contributed by atoms with van der Waals surface area (Å²) in [5.41, 5.74) is 0. The topological polar surface area (TPSA) is 231 Å². The van der Waals surface area contributed by atoms with Gasteiger partial charge in [-0.05, 0) is 77.0 Å². The van der Waals surface area contributed by atoms with Crippen molar-refractivity contribution >= 4 is 11.9 Å². The highest BCUT2D eigenvalue weighted by atomic mass is 16.7. The van der Waals surface area contributed by atoms with Gasteiger partial charge in [0, 0.05) is 12.8 Å². The monoisotopic (exact) mass is 1010 g/mol. The molecule has 0 spiro atoms. The predicted octanol–water partition coefficient (Wildman–Crippen LogP) is 8.44. The lowest BCUT2D eigenvalue weighted by atomic mass is 9.98. The molecule has 2 saturated heterocycles. The van der Waals surface area contributed by atoms with Gasteiger partial charge in [0.25, 0.3) is 0 Å². The molecule has 0 aromatic rings. The van der Waals surface area contributed by atoms with Gasteiger partial charge < -0.3 is 64.2 Å². The van der Waals surface area contributed by atoms with Crippen LogP contribution in [0.3, 0.4) is 0 Å². The third-order valence-electron chi connectivity index (χ3n) is 12.7. The average molecular weight is 1010 g/mol. The molecule has 11 unspecified atom stereocenters. The Morgan fingerprint density at radius 2 is 0.887 bits per heavy atom. The smallest absolute Gasteiger partial charge is 0.306 e. The van der Waals surface area contributed by atoms with E-state index in [1.165, 1.54) is 64.2 Å². The van der Waals surface area contributed by atoms with E-state index in [4.69, 9.17) is 28.4 Å². The van der Waals surface area contributed by atoms with E-state index in [-0.39, 0.29) is 19.4 Å². The molecule has 0 radical (unpaired) electrons. The maximum absolute atomic E-state index is 13.0. The highest BCUT2D eigenvalue weighted by Gasteiger charge is 2.47. The number of carbonyl (C=O) groups excluding carboxylic acids is 2. The molecule has 15 nitrogen and oxygen atoms in total. The minimum absolute atomic E-state index is 0.134. The highest BCUT2D eigenvalue weighted by molar-refractivity contribution is 5.70. The Morgan fingerprint density at radius 1 is 0.465 bits per heavy atom. The van der Waals surface area contributed by atoms with Crippen molar-refractivity contribution in [1.82, 2.24) is 0 Å². The summed E-state index contributed by atoms with van der Waals surface area (Å²) in [6.45, 7) is 2.45. The van der Waals surface area contributed by atoms with Gasteiger partial charge in [-0.1, -0.05) is 158 Å². The van der Waals surface area contributed by atoms with Crippen LogP contribution in [-0.2, 0) is 38.0 Å². The van der Waals surface area contributed by atoms with E-state index in [0.717, 1.165) is 83.5 Å². The van der Waals surface area contributed by atoms with Gasteiger partial charge in [0.05, 0.1) is 19.8 Å². The van der Waals surface area contributed by atoms with Crippen LogP contribution in [0.4, 0.5) is 0 Å². The van der Waals surface area contributed by atoms with Gasteiger partial charge >= 0.3 is 11.9 Å². The van der Waals surface area contributed by atoms with Crippen LogP contribution in [0.1, 0.15) is 187 Å². The summed E-state index contributed by atoms with van der Waals surface area (Å²) in [6.07, 6.45) is 32.4. The Morgan fingerprint density at radius 3 is 1.41 bits per heavy atom. The third kappa shape index (κ3) is 30.2. The first-order valence-corrected chi connectivity index (χ1v) is 27.4. The second-order valence-corrected chi connectivity index (χ2v) is 19.0. The first-order chi connectivity index (χ1) is 34.5. The van der Waals surface area contributed by atoms with Crippen LogP contribution in [0.15, 0.2) is 60.8 Å². The summed E-state index contributed by atoms with van der Waals surface area (Å²) in [5.74, 6) is -0.958. The van der Waals surface area contributed by atoms with Gasteiger partial charge in [-0.3, -0.25) is 9.59 Å². The van der Waals surface area contributed by atoms with Gasteiger partial charge in [-0.15, -0.1) is 0 Å². The lowest BCUT2D eigenvalue weighted by molar-refractivity contribution is -0.332. The number of esters is 2. The fourth-order valence-electron chi connectivity index (χ4n) is 8.26. The van der Waals surface area contributed by atoms with Crippen LogP contribution in [-0.4, -0.2) is 142 Å². The molecule has 0 aliphatic carbocycles. The number of carbonyl (C=O) groups is 2. The molecule has 2 rings (SSSR count). The number of allylic oxidation sites excluding steroid dienone is 10. The van der Waals surface area contributed by atoms with E-state index < -0.39 is 99.3 Å². The maximum Gasteiger partial charge on any atom is 0.306 e.